The van der Waals surface area contributed by atoms with E-state index >= 15 is 0 Å². The molecule has 31 heavy (non-hydrogen) atoms. The number of carbonyl (C=O) groups is 1. The first-order valence-electron chi connectivity index (χ1n) is 11.2. The van der Waals surface area contributed by atoms with Crippen molar-refractivity contribution in [2.45, 2.75) is 26.3 Å². The quantitative estimate of drug-likeness (QED) is 0.615. The molecule has 1 aliphatic rings. The Balaban J connectivity index is 1.75. The summed E-state index contributed by atoms with van der Waals surface area (Å²) in [6.07, 6.45) is 0. The lowest BCUT2D eigenvalue weighted by Gasteiger charge is -2.27. The van der Waals surface area contributed by atoms with E-state index in [1.54, 1.807) is 14.0 Å². The second-order valence-corrected chi connectivity index (χ2v) is 8.99. The Morgan fingerprint density at radius 3 is 2.32 bits per heavy atom. The van der Waals surface area contributed by atoms with Gasteiger partial charge in [-0.25, -0.2) is 0 Å². The SMILES string of the molecule is COCCN(CC1CN(Cc2ccc(N(C)C)cc2)CC1c1ccc(C)cc1)C(C)=O. The lowest BCUT2D eigenvalue weighted by Crippen LogP contribution is -2.38. The molecule has 2 atom stereocenters. The first-order chi connectivity index (χ1) is 14.9. The molecule has 0 aromatic heterocycles. The number of aryl methyl sites for hydroxylation is 1. The number of rotatable bonds is 9. The third-order valence-electron chi connectivity index (χ3n) is 6.35. The number of hydrogen-bond donors (Lipinski definition) is 0. The van der Waals surface area contributed by atoms with Gasteiger partial charge >= 0.3 is 0 Å². The molecule has 2 unspecified atom stereocenters. The van der Waals surface area contributed by atoms with Crippen molar-refractivity contribution in [1.82, 2.24) is 9.80 Å². The van der Waals surface area contributed by atoms with E-state index < -0.39 is 0 Å². The van der Waals surface area contributed by atoms with Crippen LogP contribution in [0.15, 0.2) is 48.5 Å². The van der Waals surface area contributed by atoms with E-state index in [1.807, 2.05) is 4.90 Å². The zero-order valence-electron chi connectivity index (χ0n) is 19.7. The molecule has 5 heteroatoms. The normalized spacial score (nSPS) is 18.9. The number of anilines is 1. The Morgan fingerprint density at radius 2 is 1.74 bits per heavy atom. The molecule has 1 aliphatic heterocycles. The highest BCUT2D eigenvalue weighted by molar-refractivity contribution is 5.73. The molecule has 1 saturated heterocycles. The molecule has 0 spiro atoms. The van der Waals surface area contributed by atoms with Gasteiger partial charge in [-0.2, -0.15) is 0 Å². The van der Waals surface area contributed by atoms with Gasteiger partial charge in [0.25, 0.3) is 0 Å². The minimum Gasteiger partial charge on any atom is -0.383 e. The summed E-state index contributed by atoms with van der Waals surface area (Å²) in [5.41, 5.74) is 5.20. The fraction of sp³-hybridized carbons (Fsp3) is 0.500. The van der Waals surface area contributed by atoms with Crippen LogP contribution in [0.1, 0.15) is 29.5 Å². The highest BCUT2D eigenvalue weighted by atomic mass is 16.5. The van der Waals surface area contributed by atoms with Crippen molar-refractivity contribution < 1.29 is 9.53 Å². The lowest BCUT2D eigenvalue weighted by molar-refractivity contribution is -0.130. The van der Waals surface area contributed by atoms with Crippen LogP contribution in [0.4, 0.5) is 5.69 Å². The maximum absolute atomic E-state index is 12.2. The minimum absolute atomic E-state index is 0.123. The largest absolute Gasteiger partial charge is 0.383 e. The summed E-state index contributed by atoms with van der Waals surface area (Å²) in [4.78, 5) is 18.8. The van der Waals surface area contributed by atoms with Crippen molar-refractivity contribution in [1.29, 1.82) is 0 Å². The summed E-state index contributed by atoms with van der Waals surface area (Å²) in [5.74, 6) is 0.952. The van der Waals surface area contributed by atoms with Crippen LogP contribution in [0.2, 0.25) is 0 Å². The van der Waals surface area contributed by atoms with Gasteiger partial charge < -0.3 is 14.5 Å². The van der Waals surface area contributed by atoms with E-state index in [0.717, 1.165) is 26.2 Å². The highest BCUT2D eigenvalue weighted by Gasteiger charge is 2.35. The Hall–Kier alpha value is -2.37. The molecule has 2 aromatic rings. The number of ether oxygens (including phenoxy) is 1. The average Bonchev–Trinajstić information content (AvgIpc) is 3.14. The molecule has 168 valence electrons. The van der Waals surface area contributed by atoms with Crippen LogP contribution in [0.3, 0.4) is 0 Å². The number of nitrogens with zero attached hydrogens (tertiary/aromatic N) is 3. The molecule has 0 radical (unpaired) electrons. The Labute approximate surface area is 187 Å². The van der Waals surface area contributed by atoms with Crippen molar-refractivity contribution in [2.75, 3.05) is 58.9 Å². The first-order valence-corrected chi connectivity index (χ1v) is 11.2. The molecular formula is C26H37N3O2. The molecule has 2 aromatic carbocycles. The van der Waals surface area contributed by atoms with Gasteiger partial charge in [-0.3, -0.25) is 9.69 Å². The van der Waals surface area contributed by atoms with Crippen LogP contribution >= 0.6 is 0 Å². The fourth-order valence-electron chi connectivity index (χ4n) is 4.49. The van der Waals surface area contributed by atoms with Gasteiger partial charge in [0.05, 0.1) is 6.61 Å². The van der Waals surface area contributed by atoms with Crippen molar-refractivity contribution in [3.63, 3.8) is 0 Å². The zero-order valence-corrected chi connectivity index (χ0v) is 19.7. The van der Waals surface area contributed by atoms with Crippen molar-refractivity contribution in [3.8, 4) is 0 Å². The number of likely N-dealkylation sites (tertiary alicyclic amines) is 1. The van der Waals surface area contributed by atoms with Crippen LogP contribution < -0.4 is 4.90 Å². The minimum atomic E-state index is 0.123. The first kappa shape index (κ1) is 23.3. The molecule has 0 bridgehead atoms. The summed E-state index contributed by atoms with van der Waals surface area (Å²) < 4.78 is 5.23. The molecular weight excluding hydrogens is 386 g/mol. The number of methoxy groups -OCH3 is 1. The molecule has 1 amide bonds. The third kappa shape index (κ3) is 6.31. The van der Waals surface area contributed by atoms with E-state index in [-0.39, 0.29) is 5.91 Å². The van der Waals surface area contributed by atoms with Crippen molar-refractivity contribution >= 4 is 11.6 Å². The summed E-state index contributed by atoms with van der Waals surface area (Å²) in [7, 11) is 5.82. The smallest absolute Gasteiger partial charge is 0.219 e. The van der Waals surface area contributed by atoms with Gasteiger partial charge in [0.15, 0.2) is 0 Å². The number of amides is 1. The number of benzene rings is 2. The molecule has 3 rings (SSSR count). The van der Waals surface area contributed by atoms with Gasteiger partial charge in [0.2, 0.25) is 5.91 Å². The second-order valence-electron chi connectivity index (χ2n) is 8.99. The lowest BCUT2D eigenvalue weighted by atomic mass is 9.88. The van der Waals surface area contributed by atoms with E-state index in [2.05, 4.69) is 79.3 Å². The molecule has 0 aliphatic carbocycles. The molecule has 1 fully saturated rings. The fourth-order valence-corrected chi connectivity index (χ4v) is 4.49. The topological polar surface area (TPSA) is 36.0 Å². The summed E-state index contributed by atoms with van der Waals surface area (Å²) in [6, 6.07) is 17.7. The van der Waals surface area contributed by atoms with Gasteiger partial charge in [0.1, 0.15) is 0 Å². The van der Waals surface area contributed by atoms with E-state index in [9.17, 15) is 4.79 Å². The maximum atomic E-state index is 12.2. The predicted octanol–water partition coefficient (Wildman–Crippen LogP) is 3.77. The Morgan fingerprint density at radius 1 is 1.06 bits per heavy atom. The molecule has 1 heterocycles. The van der Waals surface area contributed by atoms with Gasteiger partial charge in [-0.05, 0) is 36.1 Å². The third-order valence-corrected chi connectivity index (χ3v) is 6.35. The van der Waals surface area contributed by atoms with Crippen molar-refractivity contribution in [3.05, 3.63) is 65.2 Å². The van der Waals surface area contributed by atoms with E-state index in [4.69, 9.17) is 4.74 Å². The Kier molecular flexibility index (Phi) is 8.10. The number of carbonyl (C=O) groups excluding carboxylic acids is 1. The molecule has 5 nitrogen and oxygen atoms in total. The van der Waals surface area contributed by atoms with E-state index in [1.165, 1.54) is 22.4 Å². The van der Waals surface area contributed by atoms with Crippen LogP contribution in [-0.2, 0) is 16.1 Å². The summed E-state index contributed by atoms with van der Waals surface area (Å²) >= 11 is 0. The summed E-state index contributed by atoms with van der Waals surface area (Å²) in [6.45, 7) is 8.72. The highest BCUT2D eigenvalue weighted by Crippen LogP contribution is 2.34. The molecule has 0 saturated carbocycles. The number of hydrogen-bond acceptors (Lipinski definition) is 4. The van der Waals surface area contributed by atoms with Crippen molar-refractivity contribution in [2.24, 2.45) is 5.92 Å². The Bertz CT molecular complexity index is 833. The van der Waals surface area contributed by atoms with Crippen LogP contribution in [0.5, 0.6) is 0 Å². The predicted molar refractivity (Wildman–Crippen MR) is 128 cm³/mol. The second kappa shape index (κ2) is 10.8. The van der Waals surface area contributed by atoms with Crippen LogP contribution in [0.25, 0.3) is 0 Å². The maximum Gasteiger partial charge on any atom is 0.219 e. The van der Waals surface area contributed by atoms with Crippen LogP contribution in [0, 0.1) is 12.8 Å². The van der Waals surface area contributed by atoms with Gasteiger partial charge in [0, 0.05) is 72.5 Å². The van der Waals surface area contributed by atoms with Gasteiger partial charge in [-0.15, -0.1) is 0 Å². The van der Waals surface area contributed by atoms with Crippen LogP contribution in [-0.4, -0.2) is 69.7 Å². The van der Waals surface area contributed by atoms with E-state index in [0.29, 0.717) is 25.0 Å². The van der Waals surface area contributed by atoms with Gasteiger partial charge in [-0.1, -0.05) is 42.0 Å². The average molecular weight is 424 g/mol. The molecule has 0 N–H and O–H groups in total. The summed E-state index contributed by atoms with van der Waals surface area (Å²) in [5, 5.41) is 0. The zero-order chi connectivity index (χ0) is 22.4. The monoisotopic (exact) mass is 423 g/mol. The standard InChI is InChI=1S/C26H37N3O2/c1-20-6-10-23(11-7-20)26-19-28(16-22-8-12-25(13-9-22)27(3)4)17-24(26)18-29(21(2)30)14-15-31-5/h6-13,24,26H,14-19H2,1-5H3.